The second kappa shape index (κ2) is 9.91. The number of aromatic nitrogens is 3. The van der Waals surface area contributed by atoms with Gasteiger partial charge in [0.05, 0.1) is 6.54 Å². The third-order valence-corrected chi connectivity index (χ3v) is 3.68. The molecule has 3 rings (SSSR count). The number of nitrogens with one attached hydrogen (secondary N) is 1. The van der Waals surface area contributed by atoms with Crippen molar-refractivity contribution in [2.75, 3.05) is 14.1 Å². The summed E-state index contributed by atoms with van der Waals surface area (Å²) in [6.07, 6.45) is 5.40. The average Bonchev–Trinajstić information content (AvgIpc) is 3.17. The molecular weight excluding hydrogens is 439 g/mol. The van der Waals surface area contributed by atoms with Gasteiger partial charge in [0.15, 0.2) is 11.8 Å². The van der Waals surface area contributed by atoms with E-state index in [0.29, 0.717) is 6.54 Å². The lowest BCUT2D eigenvalue weighted by molar-refractivity contribution is 0.578. The van der Waals surface area contributed by atoms with Crippen molar-refractivity contribution in [3.05, 3.63) is 78.2 Å². The van der Waals surface area contributed by atoms with Crippen LogP contribution < -0.4 is 5.32 Å². The fraction of sp³-hybridized carbons (Fsp3) is 0.211. The van der Waals surface area contributed by atoms with Gasteiger partial charge in [-0.3, -0.25) is 0 Å². The fourth-order valence-corrected chi connectivity index (χ4v) is 2.39. The van der Waals surface area contributed by atoms with E-state index >= 15 is 0 Å². The SMILES string of the molecule is CN(C)C(=NCc1ccnc(-n2cccn2)c1)NCc1ccccc1.I. The highest BCUT2D eigenvalue weighted by atomic mass is 127. The molecule has 0 amide bonds. The van der Waals surface area contributed by atoms with Crippen LogP contribution in [0.3, 0.4) is 0 Å². The molecule has 0 spiro atoms. The van der Waals surface area contributed by atoms with Crippen LogP contribution in [0.15, 0.2) is 72.1 Å². The summed E-state index contributed by atoms with van der Waals surface area (Å²) in [5.74, 6) is 1.64. The van der Waals surface area contributed by atoms with Gasteiger partial charge in [-0.25, -0.2) is 14.7 Å². The van der Waals surface area contributed by atoms with Crippen LogP contribution in [-0.2, 0) is 13.1 Å². The van der Waals surface area contributed by atoms with Gasteiger partial charge in [-0.15, -0.1) is 24.0 Å². The van der Waals surface area contributed by atoms with Gasteiger partial charge in [0.25, 0.3) is 0 Å². The molecule has 0 saturated heterocycles. The van der Waals surface area contributed by atoms with Crippen LogP contribution >= 0.6 is 24.0 Å². The molecule has 0 aliphatic carbocycles. The van der Waals surface area contributed by atoms with Gasteiger partial charge < -0.3 is 10.2 Å². The summed E-state index contributed by atoms with van der Waals surface area (Å²) in [5.41, 5.74) is 2.31. The lowest BCUT2D eigenvalue weighted by Crippen LogP contribution is -2.36. The van der Waals surface area contributed by atoms with E-state index in [0.717, 1.165) is 23.9 Å². The van der Waals surface area contributed by atoms with E-state index in [1.165, 1.54) is 5.56 Å². The molecule has 3 aromatic rings. The lowest BCUT2D eigenvalue weighted by Gasteiger charge is -2.17. The Kier molecular flexibility index (Phi) is 7.58. The van der Waals surface area contributed by atoms with Crippen molar-refractivity contribution in [1.29, 1.82) is 0 Å². The molecule has 2 heterocycles. The van der Waals surface area contributed by atoms with Gasteiger partial charge in [-0.2, -0.15) is 5.10 Å². The number of hydrogen-bond donors (Lipinski definition) is 1. The number of benzene rings is 1. The Balaban J connectivity index is 0.00000243. The summed E-state index contributed by atoms with van der Waals surface area (Å²) in [5, 5.41) is 7.60. The van der Waals surface area contributed by atoms with Crippen LogP contribution in [0.2, 0.25) is 0 Å². The molecule has 136 valence electrons. The molecule has 1 N–H and O–H groups in total. The summed E-state index contributed by atoms with van der Waals surface area (Å²) in [6, 6.07) is 16.1. The minimum Gasteiger partial charge on any atom is -0.352 e. The Morgan fingerprint density at radius 3 is 2.58 bits per heavy atom. The zero-order valence-electron chi connectivity index (χ0n) is 14.9. The molecule has 0 aliphatic heterocycles. The predicted octanol–water partition coefficient (Wildman–Crippen LogP) is 3.09. The van der Waals surface area contributed by atoms with Crippen molar-refractivity contribution in [3.8, 4) is 5.82 Å². The van der Waals surface area contributed by atoms with Crippen molar-refractivity contribution in [3.63, 3.8) is 0 Å². The molecule has 0 aliphatic rings. The molecule has 6 nitrogen and oxygen atoms in total. The Morgan fingerprint density at radius 1 is 1.08 bits per heavy atom. The van der Waals surface area contributed by atoms with Crippen LogP contribution in [0, 0.1) is 0 Å². The first-order valence-electron chi connectivity index (χ1n) is 8.17. The summed E-state index contributed by atoms with van der Waals surface area (Å²) in [7, 11) is 3.97. The van der Waals surface area contributed by atoms with Gasteiger partial charge in [0.2, 0.25) is 0 Å². The van der Waals surface area contributed by atoms with E-state index in [1.54, 1.807) is 17.1 Å². The fourth-order valence-electron chi connectivity index (χ4n) is 2.39. The molecule has 0 bridgehead atoms. The van der Waals surface area contributed by atoms with Gasteiger partial charge in [-0.1, -0.05) is 30.3 Å². The summed E-state index contributed by atoms with van der Waals surface area (Å²) in [4.78, 5) is 11.0. The third-order valence-electron chi connectivity index (χ3n) is 3.68. The van der Waals surface area contributed by atoms with E-state index in [9.17, 15) is 0 Å². The van der Waals surface area contributed by atoms with Gasteiger partial charge >= 0.3 is 0 Å². The maximum absolute atomic E-state index is 4.70. The minimum absolute atomic E-state index is 0. The van der Waals surface area contributed by atoms with Crippen LogP contribution in [0.4, 0.5) is 0 Å². The van der Waals surface area contributed by atoms with Crippen molar-refractivity contribution < 1.29 is 0 Å². The Bertz CT molecular complexity index is 815. The van der Waals surface area contributed by atoms with Crippen molar-refractivity contribution in [2.45, 2.75) is 13.1 Å². The number of halogens is 1. The predicted molar refractivity (Wildman–Crippen MR) is 115 cm³/mol. The maximum atomic E-state index is 4.70. The third kappa shape index (κ3) is 5.55. The van der Waals surface area contributed by atoms with Crippen LogP contribution in [0.5, 0.6) is 0 Å². The number of nitrogens with zero attached hydrogens (tertiary/aromatic N) is 5. The molecule has 26 heavy (non-hydrogen) atoms. The van der Waals surface area contributed by atoms with Gasteiger partial charge in [0, 0.05) is 39.2 Å². The quantitative estimate of drug-likeness (QED) is 0.360. The highest BCUT2D eigenvalue weighted by Gasteiger charge is 2.03. The average molecular weight is 462 g/mol. The molecule has 1 aromatic carbocycles. The van der Waals surface area contributed by atoms with Crippen LogP contribution in [0.25, 0.3) is 5.82 Å². The molecule has 2 aromatic heterocycles. The van der Waals surface area contributed by atoms with E-state index in [-0.39, 0.29) is 24.0 Å². The van der Waals surface area contributed by atoms with Crippen LogP contribution in [0.1, 0.15) is 11.1 Å². The van der Waals surface area contributed by atoms with Crippen molar-refractivity contribution >= 4 is 29.9 Å². The number of guanidine groups is 1. The van der Waals surface area contributed by atoms with Crippen molar-refractivity contribution in [1.82, 2.24) is 25.0 Å². The highest BCUT2D eigenvalue weighted by molar-refractivity contribution is 14.0. The number of hydrogen-bond acceptors (Lipinski definition) is 3. The molecular formula is C19H23IN6. The maximum Gasteiger partial charge on any atom is 0.194 e. The normalized spacial score (nSPS) is 10.9. The van der Waals surface area contributed by atoms with E-state index in [1.807, 2.05) is 61.6 Å². The monoisotopic (exact) mass is 462 g/mol. The van der Waals surface area contributed by atoms with E-state index in [2.05, 4.69) is 27.5 Å². The summed E-state index contributed by atoms with van der Waals surface area (Å²) >= 11 is 0. The zero-order valence-corrected chi connectivity index (χ0v) is 17.2. The van der Waals surface area contributed by atoms with Gasteiger partial charge in [0.1, 0.15) is 0 Å². The minimum atomic E-state index is 0. The Hall–Kier alpha value is -2.42. The first kappa shape index (κ1) is 19.9. The van der Waals surface area contributed by atoms with Gasteiger partial charge in [-0.05, 0) is 29.3 Å². The van der Waals surface area contributed by atoms with Crippen molar-refractivity contribution in [2.24, 2.45) is 4.99 Å². The molecule has 0 radical (unpaired) electrons. The lowest BCUT2D eigenvalue weighted by atomic mass is 10.2. The number of rotatable bonds is 5. The van der Waals surface area contributed by atoms with E-state index < -0.39 is 0 Å². The largest absolute Gasteiger partial charge is 0.352 e. The molecule has 0 unspecified atom stereocenters. The molecule has 0 saturated carbocycles. The Labute approximate surface area is 171 Å². The zero-order chi connectivity index (χ0) is 17.5. The number of pyridine rings is 1. The summed E-state index contributed by atoms with van der Waals surface area (Å²) in [6.45, 7) is 1.32. The number of aliphatic imine (C=N–C) groups is 1. The molecule has 0 atom stereocenters. The topological polar surface area (TPSA) is 58.3 Å². The smallest absolute Gasteiger partial charge is 0.194 e. The first-order valence-corrected chi connectivity index (χ1v) is 8.17. The summed E-state index contributed by atoms with van der Waals surface area (Å²) < 4.78 is 1.74. The molecule has 0 fully saturated rings. The molecule has 7 heteroatoms. The standard InChI is InChI=1S/C19H22N6.HI/c1-24(2)19(21-14-16-7-4-3-5-8-16)22-15-17-9-11-20-18(13-17)25-12-6-10-23-25;/h3-13H,14-15H2,1-2H3,(H,21,22);1H. The highest BCUT2D eigenvalue weighted by Crippen LogP contribution is 2.07. The second-order valence-corrected chi connectivity index (χ2v) is 5.85. The second-order valence-electron chi connectivity index (χ2n) is 5.85. The van der Waals surface area contributed by atoms with Crippen LogP contribution in [-0.4, -0.2) is 39.7 Å². The van der Waals surface area contributed by atoms with E-state index in [4.69, 9.17) is 4.99 Å². The first-order chi connectivity index (χ1) is 12.2. The Morgan fingerprint density at radius 2 is 1.88 bits per heavy atom.